The predicted molar refractivity (Wildman–Crippen MR) is 162 cm³/mol. The Morgan fingerprint density at radius 3 is 2.11 bits per heavy atom. The highest BCUT2D eigenvalue weighted by atomic mass is 35.5. The number of pyridine rings is 1. The van der Waals surface area contributed by atoms with E-state index in [-0.39, 0.29) is 40.9 Å². The number of hydrogen-bond donors (Lipinski definition) is 2. The summed E-state index contributed by atoms with van der Waals surface area (Å²) >= 11 is 12.5. The molecule has 1 heterocycles. The topological polar surface area (TPSA) is 108 Å². The summed E-state index contributed by atoms with van der Waals surface area (Å²) in [4.78, 5) is 28.5. The summed E-state index contributed by atoms with van der Waals surface area (Å²) < 4.78 is 66.4. The van der Waals surface area contributed by atoms with Gasteiger partial charge in [-0.2, -0.15) is 13.2 Å². The van der Waals surface area contributed by atoms with E-state index in [2.05, 4.69) is 15.6 Å². The maximum atomic E-state index is 13.6. The summed E-state index contributed by atoms with van der Waals surface area (Å²) in [6.45, 7) is -0.426. The minimum Gasteiger partial charge on any atom is -0.351 e. The Morgan fingerprint density at radius 1 is 0.818 bits per heavy atom. The third kappa shape index (κ3) is 8.49. The fourth-order valence-corrected chi connectivity index (χ4v) is 5.77. The van der Waals surface area contributed by atoms with Gasteiger partial charge in [0.25, 0.3) is 11.8 Å². The van der Waals surface area contributed by atoms with Gasteiger partial charge >= 0.3 is 6.18 Å². The lowest BCUT2D eigenvalue weighted by Gasteiger charge is -2.25. The quantitative estimate of drug-likeness (QED) is 0.201. The number of benzene rings is 3. The summed E-state index contributed by atoms with van der Waals surface area (Å²) in [6, 6.07) is 20.9. The maximum absolute atomic E-state index is 13.6. The van der Waals surface area contributed by atoms with Crippen LogP contribution in [0.4, 0.5) is 18.9 Å². The molecule has 0 radical (unpaired) electrons. The lowest BCUT2D eigenvalue weighted by molar-refractivity contribution is -0.141. The zero-order chi connectivity index (χ0) is 31.9. The molecule has 0 atom stereocenters. The zero-order valence-electron chi connectivity index (χ0n) is 22.8. The molecule has 1 aromatic heterocycles. The number of carbonyl (C=O) groups excluding carboxylic acids is 2. The Bertz CT molecular complexity index is 1720. The highest BCUT2D eigenvalue weighted by Crippen LogP contribution is 2.30. The summed E-state index contributed by atoms with van der Waals surface area (Å²) in [7, 11) is -4.05. The van der Waals surface area contributed by atoms with Crippen molar-refractivity contribution in [2.75, 3.05) is 16.6 Å². The standard InChI is InChI=1S/C30H25Cl2F3N4O4S/c31-25-8-4-7-23(27(25)32)19-39(44(42,43)16-15-36-28(40)21-5-2-1-3-6-21)24-12-10-22(11-13-24)29(41)38-18-20-9-14-26(37-17-20)30(33,34)35/h1-14,17H,15-16,18-19H2,(H,36,40)(H,38,41). The number of anilines is 1. The minimum absolute atomic E-state index is 0.0752. The Balaban J connectivity index is 1.49. The number of sulfonamides is 1. The van der Waals surface area contributed by atoms with Gasteiger partial charge in [0.1, 0.15) is 5.69 Å². The first-order valence-corrected chi connectivity index (χ1v) is 15.4. The number of halogens is 5. The number of hydrogen-bond acceptors (Lipinski definition) is 5. The molecule has 2 N–H and O–H groups in total. The van der Waals surface area contributed by atoms with Gasteiger partial charge < -0.3 is 10.6 Å². The molecule has 2 amide bonds. The lowest BCUT2D eigenvalue weighted by Crippen LogP contribution is -2.37. The van der Waals surface area contributed by atoms with Crippen molar-refractivity contribution in [3.8, 4) is 0 Å². The fourth-order valence-electron chi connectivity index (χ4n) is 4.03. The molecule has 0 aliphatic heterocycles. The molecule has 0 aliphatic rings. The second-order valence-electron chi connectivity index (χ2n) is 9.44. The van der Waals surface area contributed by atoms with Gasteiger partial charge in [0, 0.05) is 30.4 Å². The van der Waals surface area contributed by atoms with Gasteiger partial charge in [-0.3, -0.25) is 18.9 Å². The smallest absolute Gasteiger partial charge is 0.351 e. The Morgan fingerprint density at radius 2 is 1.48 bits per heavy atom. The van der Waals surface area contributed by atoms with Crippen LogP contribution in [0, 0.1) is 0 Å². The van der Waals surface area contributed by atoms with Crippen LogP contribution in [0.3, 0.4) is 0 Å². The molecule has 0 aliphatic carbocycles. The molecule has 0 saturated heterocycles. The van der Waals surface area contributed by atoms with E-state index in [9.17, 15) is 31.2 Å². The van der Waals surface area contributed by atoms with Crippen LogP contribution in [0.25, 0.3) is 0 Å². The monoisotopic (exact) mass is 664 g/mol. The van der Waals surface area contributed by atoms with Crippen LogP contribution in [-0.4, -0.2) is 37.5 Å². The summed E-state index contributed by atoms with van der Waals surface area (Å²) in [6.07, 6.45) is -3.54. The number of alkyl halides is 3. The van der Waals surface area contributed by atoms with Gasteiger partial charge in [0.2, 0.25) is 10.0 Å². The minimum atomic E-state index is -4.57. The average Bonchev–Trinajstić information content (AvgIpc) is 3.00. The van der Waals surface area contributed by atoms with Crippen molar-refractivity contribution in [2.24, 2.45) is 0 Å². The molecule has 14 heteroatoms. The van der Waals surface area contributed by atoms with E-state index in [1.807, 2.05) is 0 Å². The van der Waals surface area contributed by atoms with Crippen molar-refractivity contribution in [2.45, 2.75) is 19.3 Å². The summed E-state index contributed by atoms with van der Waals surface area (Å²) in [5, 5.41) is 5.62. The second kappa shape index (κ2) is 14.1. The van der Waals surface area contributed by atoms with Gasteiger partial charge in [-0.1, -0.05) is 59.6 Å². The Labute approximate surface area is 261 Å². The van der Waals surface area contributed by atoms with E-state index in [1.54, 1.807) is 48.5 Å². The normalized spacial score (nSPS) is 11.6. The number of nitrogens with one attached hydrogen (secondary N) is 2. The lowest BCUT2D eigenvalue weighted by atomic mass is 10.1. The van der Waals surface area contributed by atoms with Crippen LogP contribution in [0.2, 0.25) is 10.0 Å². The molecule has 0 fully saturated rings. The van der Waals surface area contributed by atoms with Crippen molar-refractivity contribution in [3.63, 3.8) is 0 Å². The van der Waals surface area contributed by atoms with Crippen LogP contribution in [0.1, 0.15) is 37.5 Å². The molecular formula is C30H25Cl2F3N4O4S. The van der Waals surface area contributed by atoms with E-state index < -0.39 is 39.5 Å². The molecule has 8 nitrogen and oxygen atoms in total. The summed E-state index contributed by atoms with van der Waals surface area (Å²) in [5.74, 6) is -1.40. The van der Waals surface area contributed by atoms with Crippen LogP contribution < -0.4 is 14.9 Å². The van der Waals surface area contributed by atoms with Crippen molar-refractivity contribution < 1.29 is 31.2 Å². The van der Waals surface area contributed by atoms with Gasteiger partial charge in [0.05, 0.1) is 28.0 Å². The molecule has 3 aromatic carbocycles. The van der Waals surface area contributed by atoms with E-state index in [4.69, 9.17) is 23.2 Å². The first-order valence-electron chi connectivity index (χ1n) is 13.0. The zero-order valence-corrected chi connectivity index (χ0v) is 25.1. The molecule has 4 rings (SSSR count). The highest BCUT2D eigenvalue weighted by Gasteiger charge is 2.32. The third-order valence-corrected chi connectivity index (χ3v) is 8.94. The molecule has 4 aromatic rings. The van der Waals surface area contributed by atoms with Gasteiger partial charge in [-0.25, -0.2) is 8.42 Å². The largest absolute Gasteiger partial charge is 0.433 e. The van der Waals surface area contributed by atoms with Crippen LogP contribution in [0.5, 0.6) is 0 Å². The average molecular weight is 666 g/mol. The SMILES string of the molecule is O=C(NCCS(=O)(=O)N(Cc1cccc(Cl)c1Cl)c1ccc(C(=O)NCc2ccc(C(F)(F)F)nc2)cc1)c1ccccc1. The number of carbonyl (C=O) groups is 2. The Kier molecular flexibility index (Phi) is 10.5. The summed E-state index contributed by atoms with van der Waals surface area (Å²) in [5.41, 5.74) is 0.540. The molecule has 230 valence electrons. The third-order valence-electron chi connectivity index (χ3n) is 6.35. The number of rotatable bonds is 11. The van der Waals surface area contributed by atoms with E-state index in [0.717, 1.165) is 16.6 Å². The van der Waals surface area contributed by atoms with Crippen LogP contribution >= 0.6 is 23.2 Å². The van der Waals surface area contributed by atoms with E-state index >= 15 is 0 Å². The number of nitrogens with zero attached hydrogens (tertiary/aromatic N) is 2. The van der Waals surface area contributed by atoms with Crippen LogP contribution in [0.15, 0.2) is 91.1 Å². The molecule has 0 spiro atoms. The molecular weight excluding hydrogens is 640 g/mol. The maximum Gasteiger partial charge on any atom is 0.433 e. The van der Waals surface area contributed by atoms with Crippen molar-refractivity contribution >= 4 is 50.7 Å². The van der Waals surface area contributed by atoms with Crippen molar-refractivity contribution in [3.05, 3.63) is 129 Å². The van der Waals surface area contributed by atoms with Crippen LogP contribution in [-0.2, 0) is 29.3 Å². The Hall–Kier alpha value is -4.13. The van der Waals surface area contributed by atoms with Gasteiger partial charge in [-0.05, 0) is 59.7 Å². The molecule has 0 saturated carbocycles. The molecule has 0 bridgehead atoms. The van der Waals surface area contributed by atoms with E-state index in [1.165, 1.54) is 30.3 Å². The first kappa shape index (κ1) is 32.8. The second-order valence-corrected chi connectivity index (χ2v) is 12.2. The van der Waals surface area contributed by atoms with Gasteiger partial charge in [0.15, 0.2) is 0 Å². The van der Waals surface area contributed by atoms with Crippen molar-refractivity contribution in [1.29, 1.82) is 0 Å². The molecule has 0 unspecified atom stereocenters. The first-order chi connectivity index (χ1) is 20.8. The van der Waals surface area contributed by atoms with Crippen molar-refractivity contribution in [1.82, 2.24) is 15.6 Å². The molecule has 44 heavy (non-hydrogen) atoms. The van der Waals surface area contributed by atoms with E-state index in [0.29, 0.717) is 16.7 Å². The van der Waals surface area contributed by atoms with Gasteiger partial charge in [-0.15, -0.1) is 0 Å². The highest BCUT2D eigenvalue weighted by molar-refractivity contribution is 7.92. The fraction of sp³-hybridized carbons (Fsp3) is 0.167. The number of amides is 2. The predicted octanol–water partition coefficient (Wildman–Crippen LogP) is 6.10. The number of aromatic nitrogens is 1.